The first-order chi connectivity index (χ1) is 12.9. The third kappa shape index (κ3) is 5.97. The van der Waals surface area contributed by atoms with Crippen LogP contribution < -0.4 is 5.32 Å². The Morgan fingerprint density at radius 1 is 0.815 bits per heavy atom. The van der Waals surface area contributed by atoms with Crippen molar-refractivity contribution in [3.05, 3.63) is 35.9 Å². The van der Waals surface area contributed by atoms with Crippen LogP contribution in [0.5, 0.6) is 0 Å². The molecule has 0 saturated heterocycles. The van der Waals surface area contributed by atoms with Crippen LogP contribution in [0.4, 0.5) is 0 Å². The van der Waals surface area contributed by atoms with Crippen molar-refractivity contribution in [2.24, 2.45) is 0 Å². The van der Waals surface area contributed by atoms with Crippen LogP contribution in [-0.4, -0.2) is 81.2 Å². The van der Waals surface area contributed by atoms with Crippen LogP contribution >= 0.6 is 0 Å². The number of nitrogens with one attached hydrogen (secondary N) is 1. The first kappa shape index (κ1) is 21.7. The predicted octanol–water partition coefficient (Wildman–Crippen LogP) is -0.820. The monoisotopic (exact) mass is 383 g/mol. The van der Waals surface area contributed by atoms with Gasteiger partial charge >= 0.3 is 0 Å². The number of hydrogen-bond acceptors (Lipinski definition) is 7. The van der Waals surface area contributed by atoms with Crippen molar-refractivity contribution in [1.29, 1.82) is 0 Å². The molecule has 8 nitrogen and oxygen atoms in total. The van der Waals surface area contributed by atoms with E-state index in [0.29, 0.717) is 18.5 Å². The molecule has 6 atom stereocenters. The summed E-state index contributed by atoms with van der Waals surface area (Å²) in [5, 5.41) is 51.4. The number of carbonyl (C=O) groups excluding carboxylic acids is 1. The molecule has 1 aromatic rings. The molecule has 0 heterocycles. The van der Waals surface area contributed by atoms with Gasteiger partial charge in [0, 0.05) is 18.7 Å². The van der Waals surface area contributed by atoms with E-state index in [4.69, 9.17) is 4.74 Å². The highest BCUT2D eigenvalue weighted by atomic mass is 16.5. The summed E-state index contributed by atoms with van der Waals surface area (Å²) in [6.07, 6.45) is -5.65. The summed E-state index contributed by atoms with van der Waals surface area (Å²) in [7, 11) is 0. The van der Waals surface area contributed by atoms with E-state index >= 15 is 0 Å². The highest BCUT2D eigenvalue weighted by Gasteiger charge is 2.48. The van der Waals surface area contributed by atoms with E-state index in [1.165, 1.54) is 0 Å². The van der Waals surface area contributed by atoms with Crippen LogP contribution in [-0.2, 0) is 4.74 Å². The van der Waals surface area contributed by atoms with Gasteiger partial charge in [0.05, 0.1) is 0 Å². The average Bonchev–Trinajstić information content (AvgIpc) is 2.69. The number of amides is 1. The maximum absolute atomic E-state index is 11.9. The lowest BCUT2D eigenvalue weighted by molar-refractivity contribution is -0.235. The number of aliphatic hydroxyl groups excluding tert-OH is 5. The number of ether oxygens (including phenoxy) is 1. The molecule has 1 aliphatic carbocycles. The van der Waals surface area contributed by atoms with Gasteiger partial charge in [-0.15, -0.1) is 0 Å². The number of aliphatic hydroxyl groups is 5. The number of rotatable bonds is 9. The number of hydrogen-bond donors (Lipinski definition) is 6. The van der Waals surface area contributed by atoms with Gasteiger partial charge in [0.1, 0.15) is 36.6 Å². The van der Waals surface area contributed by atoms with Gasteiger partial charge in [0.2, 0.25) is 0 Å². The number of unbranched alkanes of at least 4 members (excludes halogenated alkanes) is 3. The van der Waals surface area contributed by atoms with Crippen molar-refractivity contribution in [3.8, 4) is 0 Å². The first-order valence-corrected chi connectivity index (χ1v) is 9.28. The molecule has 8 heteroatoms. The summed E-state index contributed by atoms with van der Waals surface area (Å²) in [6, 6.07) is 9.00. The summed E-state index contributed by atoms with van der Waals surface area (Å²) in [5.41, 5.74) is 0.630. The number of carbonyl (C=O) groups is 1. The van der Waals surface area contributed by atoms with Crippen molar-refractivity contribution < 1.29 is 35.1 Å². The maximum atomic E-state index is 11.9. The lowest BCUT2D eigenvalue weighted by atomic mass is 9.85. The van der Waals surface area contributed by atoms with Crippen molar-refractivity contribution >= 4 is 5.91 Å². The third-order valence-corrected chi connectivity index (χ3v) is 4.78. The second kappa shape index (κ2) is 10.7. The fourth-order valence-corrected chi connectivity index (χ4v) is 3.09. The second-order valence-electron chi connectivity index (χ2n) is 6.82. The second-order valence-corrected chi connectivity index (χ2v) is 6.82. The maximum Gasteiger partial charge on any atom is 0.251 e. The Kier molecular flexibility index (Phi) is 8.62. The highest BCUT2D eigenvalue weighted by molar-refractivity contribution is 5.94. The zero-order valence-corrected chi connectivity index (χ0v) is 15.1. The Balaban J connectivity index is 1.56. The van der Waals surface area contributed by atoms with Crippen LogP contribution in [0.3, 0.4) is 0 Å². The molecule has 6 N–H and O–H groups in total. The molecule has 0 spiro atoms. The molecular weight excluding hydrogens is 354 g/mol. The molecule has 0 unspecified atom stereocenters. The fourth-order valence-electron chi connectivity index (χ4n) is 3.09. The van der Waals surface area contributed by atoms with Crippen LogP contribution in [0.1, 0.15) is 36.0 Å². The van der Waals surface area contributed by atoms with Gasteiger partial charge in [0.25, 0.3) is 5.91 Å². The molecule has 0 aliphatic heterocycles. The minimum absolute atomic E-state index is 0.0986. The van der Waals surface area contributed by atoms with E-state index < -0.39 is 36.6 Å². The van der Waals surface area contributed by atoms with Gasteiger partial charge in [-0.05, 0) is 25.0 Å². The van der Waals surface area contributed by atoms with Crippen LogP contribution in [0.15, 0.2) is 30.3 Å². The molecule has 1 amide bonds. The first-order valence-electron chi connectivity index (χ1n) is 9.28. The standard InChI is InChI=1S/C19H29NO7/c21-13-14(22)16(24)18(17(25)15(13)23)27-11-7-2-1-6-10-20-19(26)12-8-4-3-5-9-12/h3-5,8-9,13-18,21-25H,1-2,6-7,10-11H2,(H,20,26)/t13-,14+,15-,16-,17+,18+. The van der Waals surface area contributed by atoms with E-state index in [2.05, 4.69) is 5.32 Å². The molecule has 0 radical (unpaired) electrons. The van der Waals surface area contributed by atoms with Crippen LogP contribution in [0.2, 0.25) is 0 Å². The minimum Gasteiger partial charge on any atom is -0.387 e. The predicted molar refractivity (Wildman–Crippen MR) is 97.0 cm³/mol. The molecule has 0 aromatic heterocycles. The van der Waals surface area contributed by atoms with E-state index in [-0.39, 0.29) is 12.5 Å². The van der Waals surface area contributed by atoms with Gasteiger partial charge in [-0.25, -0.2) is 0 Å². The van der Waals surface area contributed by atoms with Gasteiger partial charge in [0.15, 0.2) is 0 Å². The van der Waals surface area contributed by atoms with Crippen molar-refractivity contribution in [1.82, 2.24) is 5.32 Å². The summed E-state index contributed by atoms with van der Waals surface area (Å²) in [5.74, 6) is -0.0986. The Morgan fingerprint density at radius 2 is 1.37 bits per heavy atom. The molecule has 27 heavy (non-hydrogen) atoms. The topological polar surface area (TPSA) is 139 Å². The van der Waals surface area contributed by atoms with Crippen LogP contribution in [0.25, 0.3) is 0 Å². The molecule has 152 valence electrons. The molecule has 1 fully saturated rings. The van der Waals surface area contributed by atoms with E-state index in [0.717, 1.165) is 19.3 Å². The Bertz CT molecular complexity index is 554. The van der Waals surface area contributed by atoms with E-state index in [1.54, 1.807) is 12.1 Å². The average molecular weight is 383 g/mol. The summed E-state index contributed by atoms with van der Waals surface area (Å²) in [6.45, 7) is 0.815. The normalized spacial score (nSPS) is 30.9. The minimum atomic E-state index is -1.61. The third-order valence-electron chi connectivity index (χ3n) is 4.78. The smallest absolute Gasteiger partial charge is 0.251 e. The van der Waals surface area contributed by atoms with Crippen molar-refractivity contribution in [2.75, 3.05) is 13.2 Å². The molecule has 0 bridgehead atoms. The largest absolute Gasteiger partial charge is 0.387 e. The fraction of sp³-hybridized carbons (Fsp3) is 0.632. The van der Waals surface area contributed by atoms with E-state index in [1.807, 2.05) is 18.2 Å². The van der Waals surface area contributed by atoms with Gasteiger partial charge in [-0.1, -0.05) is 31.0 Å². The molecule has 1 aliphatic rings. The number of benzene rings is 1. The highest BCUT2D eigenvalue weighted by Crippen LogP contribution is 2.24. The van der Waals surface area contributed by atoms with Crippen molar-refractivity contribution in [3.63, 3.8) is 0 Å². The van der Waals surface area contributed by atoms with Crippen molar-refractivity contribution in [2.45, 2.75) is 62.3 Å². The molecule has 2 rings (SSSR count). The zero-order valence-electron chi connectivity index (χ0n) is 15.1. The SMILES string of the molecule is O=C(NCCCCCCO[C@H]1[C@H](O)[C@@H](O)[C@@H](O)[C@@H](O)[C@@H]1O)c1ccccc1. The lowest BCUT2D eigenvalue weighted by Crippen LogP contribution is -2.64. The molecule has 1 saturated carbocycles. The summed E-state index contributed by atoms with van der Waals surface area (Å²) in [4.78, 5) is 11.9. The van der Waals surface area contributed by atoms with E-state index in [9.17, 15) is 30.3 Å². The Morgan fingerprint density at radius 3 is 2.00 bits per heavy atom. The molecule has 1 aromatic carbocycles. The molecular formula is C19H29NO7. The van der Waals surface area contributed by atoms with Gasteiger partial charge in [-0.3, -0.25) is 4.79 Å². The summed E-state index contributed by atoms with van der Waals surface area (Å²) >= 11 is 0. The van der Waals surface area contributed by atoms with Gasteiger partial charge < -0.3 is 35.6 Å². The van der Waals surface area contributed by atoms with Crippen LogP contribution in [0, 0.1) is 0 Å². The zero-order chi connectivity index (χ0) is 19.8. The van der Waals surface area contributed by atoms with Gasteiger partial charge in [-0.2, -0.15) is 0 Å². The lowest BCUT2D eigenvalue weighted by Gasteiger charge is -2.41. The Hall–Kier alpha value is -1.55. The summed E-state index contributed by atoms with van der Waals surface area (Å²) < 4.78 is 5.40. The quantitative estimate of drug-likeness (QED) is 0.306. The Labute approximate surface area is 158 Å².